The van der Waals surface area contributed by atoms with E-state index in [1.807, 2.05) is 36.7 Å². The molecule has 0 atom stereocenters. The van der Waals surface area contributed by atoms with Gasteiger partial charge in [0.25, 0.3) is 0 Å². The molecule has 1 amide bonds. The largest absolute Gasteiger partial charge is 0.352 e. The third-order valence-electron chi connectivity index (χ3n) is 6.09. The van der Waals surface area contributed by atoms with Crippen LogP contribution in [0.1, 0.15) is 29.2 Å². The van der Waals surface area contributed by atoms with E-state index in [1.165, 1.54) is 6.92 Å². The Kier molecular flexibility index (Phi) is 5.49. The smallest absolute Gasteiger partial charge is 0.217 e. The number of fused-ring (bicyclic) bond motifs is 1. The molecule has 162 valence electrons. The molecule has 5 rings (SSSR count). The van der Waals surface area contributed by atoms with Crippen molar-refractivity contribution in [2.24, 2.45) is 0 Å². The molecule has 0 unspecified atom stereocenters. The molecular formula is C29H25N3O. The van der Waals surface area contributed by atoms with Crippen LogP contribution in [0.3, 0.4) is 0 Å². The van der Waals surface area contributed by atoms with Gasteiger partial charge in [-0.1, -0.05) is 97.1 Å². The average molecular weight is 432 g/mol. The Balaban J connectivity index is 1.85. The number of nitrogens with zero attached hydrogens (tertiary/aromatic N) is 2. The first-order valence-corrected chi connectivity index (χ1v) is 11.1. The highest BCUT2D eigenvalue weighted by Gasteiger charge is 2.39. The van der Waals surface area contributed by atoms with Gasteiger partial charge in [0.05, 0.1) is 17.4 Å². The summed E-state index contributed by atoms with van der Waals surface area (Å²) in [6.07, 6.45) is 1.93. The lowest BCUT2D eigenvalue weighted by molar-refractivity contribution is -0.119. The third-order valence-corrected chi connectivity index (χ3v) is 6.09. The summed E-state index contributed by atoms with van der Waals surface area (Å²) >= 11 is 0. The molecule has 0 bridgehead atoms. The molecule has 33 heavy (non-hydrogen) atoms. The van der Waals surface area contributed by atoms with Crippen molar-refractivity contribution < 1.29 is 4.79 Å². The average Bonchev–Trinajstić information content (AvgIpc) is 3.29. The fraction of sp³-hybridized carbons (Fsp3) is 0.103. The Morgan fingerprint density at radius 3 is 1.79 bits per heavy atom. The molecule has 4 heteroatoms. The number of rotatable bonds is 6. The Labute approximate surface area is 193 Å². The Morgan fingerprint density at radius 1 is 0.788 bits per heavy atom. The summed E-state index contributed by atoms with van der Waals surface area (Å²) in [7, 11) is 0. The van der Waals surface area contributed by atoms with Gasteiger partial charge in [-0.2, -0.15) is 0 Å². The molecule has 0 saturated carbocycles. The predicted octanol–water partition coefficient (Wildman–Crippen LogP) is 5.51. The van der Waals surface area contributed by atoms with E-state index < -0.39 is 5.54 Å². The van der Waals surface area contributed by atoms with Gasteiger partial charge in [0.2, 0.25) is 5.91 Å². The van der Waals surface area contributed by atoms with E-state index in [4.69, 9.17) is 4.98 Å². The third kappa shape index (κ3) is 3.70. The normalized spacial score (nSPS) is 11.4. The zero-order chi connectivity index (χ0) is 22.7. The molecule has 0 radical (unpaired) electrons. The first-order valence-electron chi connectivity index (χ1n) is 11.1. The lowest BCUT2D eigenvalue weighted by Gasteiger charge is -2.38. The Hall–Kier alpha value is -4.18. The van der Waals surface area contributed by atoms with E-state index in [9.17, 15) is 4.79 Å². The van der Waals surface area contributed by atoms with E-state index in [-0.39, 0.29) is 5.91 Å². The van der Waals surface area contributed by atoms with Crippen molar-refractivity contribution in [2.75, 3.05) is 0 Å². The van der Waals surface area contributed by atoms with Crippen LogP contribution in [-0.2, 0) is 16.9 Å². The van der Waals surface area contributed by atoms with Crippen LogP contribution < -0.4 is 5.32 Å². The predicted molar refractivity (Wildman–Crippen MR) is 132 cm³/mol. The number of amides is 1. The highest BCUT2D eigenvalue weighted by molar-refractivity contribution is 5.78. The number of nitrogens with one attached hydrogen (secondary N) is 1. The van der Waals surface area contributed by atoms with Crippen LogP contribution in [0.4, 0.5) is 0 Å². The van der Waals surface area contributed by atoms with Gasteiger partial charge in [0, 0.05) is 13.5 Å². The van der Waals surface area contributed by atoms with Crippen LogP contribution in [0.25, 0.3) is 11.0 Å². The van der Waals surface area contributed by atoms with E-state index >= 15 is 0 Å². The highest BCUT2D eigenvalue weighted by atomic mass is 16.1. The summed E-state index contributed by atoms with van der Waals surface area (Å²) < 4.78 is 2.26. The van der Waals surface area contributed by atoms with E-state index in [1.54, 1.807) is 0 Å². The second-order valence-corrected chi connectivity index (χ2v) is 8.16. The van der Waals surface area contributed by atoms with Crippen molar-refractivity contribution in [3.8, 4) is 0 Å². The first kappa shape index (κ1) is 20.7. The zero-order valence-electron chi connectivity index (χ0n) is 18.5. The maximum absolute atomic E-state index is 11.5. The summed E-state index contributed by atoms with van der Waals surface area (Å²) in [4.78, 5) is 16.3. The molecular weight excluding hydrogens is 406 g/mol. The molecule has 1 aromatic heterocycles. The molecule has 0 aliphatic rings. The molecule has 0 fully saturated rings. The van der Waals surface area contributed by atoms with Gasteiger partial charge in [0.15, 0.2) is 0 Å². The lowest BCUT2D eigenvalue weighted by atomic mass is 9.76. The number of carbonyl (C=O) groups is 1. The van der Waals surface area contributed by atoms with Crippen molar-refractivity contribution in [2.45, 2.75) is 19.0 Å². The van der Waals surface area contributed by atoms with E-state index in [0.717, 1.165) is 33.3 Å². The second-order valence-electron chi connectivity index (χ2n) is 8.16. The number of hydrogen-bond donors (Lipinski definition) is 1. The fourth-order valence-electron chi connectivity index (χ4n) is 4.61. The minimum Gasteiger partial charge on any atom is -0.352 e. The van der Waals surface area contributed by atoms with E-state index in [2.05, 4.69) is 88.7 Å². The van der Waals surface area contributed by atoms with Crippen molar-refractivity contribution in [1.82, 2.24) is 14.9 Å². The van der Waals surface area contributed by atoms with Crippen LogP contribution in [0, 0.1) is 0 Å². The van der Waals surface area contributed by atoms with Crippen LogP contribution in [0.5, 0.6) is 0 Å². The molecule has 0 aliphatic heterocycles. The standard InChI is InChI=1S/C29H25N3O/c1-22(33)30-20-23-17-18-27-28(19-23)32(21-31-27)29(24-11-5-2-6-12-24,25-13-7-3-8-14-25)26-15-9-4-10-16-26/h2-19,21H,20H2,1H3,(H,30,33). The summed E-state index contributed by atoms with van der Waals surface area (Å²) in [5.74, 6) is -0.0455. The van der Waals surface area contributed by atoms with E-state index in [0.29, 0.717) is 6.54 Å². The van der Waals surface area contributed by atoms with Gasteiger partial charge in [-0.3, -0.25) is 4.79 Å². The fourth-order valence-corrected chi connectivity index (χ4v) is 4.61. The van der Waals surface area contributed by atoms with Crippen LogP contribution in [-0.4, -0.2) is 15.5 Å². The highest BCUT2D eigenvalue weighted by Crippen LogP contribution is 2.42. The number of benzene rings is 4. The lowest BCUT2D eigenvalue weighted by Crippen LogP contribution is -2.37. The van der Waals surface area contributed by atoms with Crippen LogP contribution in [0.15, 0.2) is 116 Å². The molecule has 1 heterocycles. The van der Waals surface area contributed by atoms with Gasteiger partial charge in [0.1, 0.15) is 5.54 Å². The number of aromatic nitrogens is 2. The number of hydrogen-bond acceptors (Lipinski definition) is 2. The quantitative estimate of drug-likeness (QED) is 0.360. The summed E-state index contributed by atoms with van der Waals surface area (Å²) in [6.45, 7) is 2.01. The van der Waals surface area contributed by atoms with Gasteiger partial charge < -0.3 is 9.88 Å². The second kappa shape index (κ2) is 8.75. The molecule has 0 spiro atoms. The Morgan fingerprint density at radius 2 is 1.30 bits per heavy atom. The Bertz CT molecular complexity index is 1280. The summed E-state index contributed by atoms with van der Waals surface area (Å²) in [5.41, 5.74) is 5.77. The minimum atomic E-state index is -0.620. The maximum atomic E-state index is 11.5. The van der Waals surface area contributed by atoms with Crippen LogP contribution in [0.2, 0.25) is 0 Å². The minimum absolute atomic E-state index is 0.0455. The molecule has 4 nitrogen and oxygen atoms in total. The number of carbonyl (C=O) groups excluding carboxylic acids is 1. The molecule has 1 N–H and O–H groups in total. The topological polar surface area (TPSA) is 46.9 Å². The number of imidazole rings is 1. The molecule has 5 aromatic rings. The van der Waals surface area contributed by atoms with Crippen molar-refractivity contribution in [3.63, 3.8) is 0 Å². The molecule has 0 aliphatic carbocycles. The van der Waals surface area contributed by atoms with Crippen molar-refractivity contribution in [1.29, 1.82) is 0 Å². The van der Waals surface area contributed by atoms with Gasteiger partial charge in [-0.25, -0.2) is 4.98 Å². The summed E-state index contributed by atoms with van der Waals surface area (Å²) in [5, 5.41) is 2.90. The molecule has 0 saturated heterocycles. The maximum Gasteiger partial charge on any atom is 0.217 e. The van der Waals surface area contributed by atoms with Crippen molar-refractivity contribution in [3.05, 3.63) is 138 Å². The zero-order valence-corrected chi connectivity index (χ0v) is 18.5. The monoisotopic (exact) mass is 431 g/mol. The van der Waals surface area contributed by atoms with Gasteiger partial charge >= 0.3 is 0 Å². The molecule has 4 aromatic carbocycles. The van der Waals surface area contributed by atoms with Gasteiger partial charge in [-0.15, -0.1) is 0 Å². The van der Waals surface area contributed by atoms with Crippen molar-refractivity contribution >= 4 is 16.9 Å². The first-order chi connectivity index (χ1) is 16.2. The van der Waals surface area contributed by atoms with Crippen LogP contribution >= 0.6 is 0 Å². The van der Waals surface area contributed by atoms with Gasteiger partial charge in [-0.05, 0) is 34.4 Å². The summed E-state index contributed by atoms with van der Waals surface area (Å²) in [6, 6.07) is 37.8. The SMILES string of the molecule is CC(=O)NCc1ccc2ncn(C(c3ccccc3)(c3ccccc3)c3ccccc3)c2c1.